The van der Waals surface area contributed by atoms with E-state index in [1.807, 2.05) is 0 Å². The molecule has 0 spiro atoms. The average molecular weight is 232 g/mol. The summed E-state index contributed by atoms with van der Waals surface area (Å²) in [5.41, 5.74) is 4.48. The molecule has 0 aliphatic carbocycles. The van der Waals surface area contributed by atoms with E-state index >= 15 is 0 Å². The lowest BCUT2D eigenvalue weighted by atomic mass is 9.96. The highest BCUT2D eigenvalue weighted by molar-refractivity contribution is 5.33. The van der Waals surface area contributed by atoms with Crippen molar-refractivity contribution in [2.45, 2.75) is 66.2 Å². The van der Waals surface area contributed by atoms with Gasteiger partial charge in [0.15, 0.2) is 0 Å². The van der Waals surface area contributed by atoms with Gasteiger partial charge in [-0.25, -0.2) is 0 Å². The van der Waals surface area contributed by atoms with Crippen LogP contribution in [0.5, 0.6) is 0 Å². The van der Waals surface area contributed by atoms with Gasteiger partial charge in [-0.2, -0.15) is 0 Å². The maximum atomic E-state index is 2.37. The minimum absolute atomic E-state index is 0.913. The largest absolute Gasteiger partial charge is 0.0651 e. The first-order chi connectivity index (χ1) is 8.15. The number of aryl methyl sites for hydroxylation is 2. The lowest BCUT2D eigenvalue weighted by Crippen LogP contribution is -1.94. The molecule has 0 amide bonds. The van der Waals surface area contributed by atoms with Gasteiger partial charge in [0.1, 0.15) is 0 Å². The third kappa shape index (κ3) is 4.93. The molecule has 1 rings (SSSR count). The Balaban J connectivity index is 2.25. The molecular formula is C17H28. The summed E-state index contributed by atoms with van der Waals surface area (Å²) >= 11 is 0. The van der Waals surface area contributed by atoms with Gasteiger partial charge >= 0.3 is 0 Å². The zero-order valence-corrected chi connectivity index (χ0v) is 12.1. The van der Waals surface area contributed by atoms with E-state index in [1.54, 1.807) is 5.56 Å². The first kappa shape index (κ1) is 14.3. The van der Waals surface area contributed by atoms with Crippen LogP contribution in [0.2, 0.25) is 0 Å². The zero-order chi connectivity index (χ0) is 12.7. The summed E-state index contributed by atoms with van der Waals surface area (Å²) in [5, 5.41) is 0. The lowest BCUT2D eigenvalue weighted by Gasteiger charge is -2.09. The van der Waals surface area contributed by atoms with Crippen LogP contribution in [0.3, 0.4) is 0 Å². The van der Waals surface area contributed by atoms with Crippen LogP contribution < -0.4 is 0 Å². The number of rotatable bonds is 7. The van der Waals surface area contributed by atoms with Gasteiger partial charge < -0.3 is 0 Å². The molecule has 0 heteroatoms. The molecule has 1 aromatic carbocycles. The number of hydrogen-bond acceptors (Lipinski definition) is 0. The van der Waals surface area contributed by atoms with Crippen molar-refractivity contribution in [2.24, 2.45) is 5.92 Å². The smallest absolute Gasteiger partial charge is 0.0276 e. The summed E-state index contributed by atoms with van der Waals surface area (Å²) in [4.78, 5) is 0. The highest BCUT2D eigenvalue weighted by atomic mass is 14.1. The first-order valence-electron chi connectivity index (χ1n) is 7.20. The van der Waals surface area contributed by atoms with Crippen LogP contribution in [0.25, 0.3) is 0 Å². The normalized spacial score (nSPS) is 12.7. The zero-order valence-electron chi connectivity index (χ0n) is 12.1. The molecule has 0 nitrogen and oxygen atoms in total. The van der Waals surface area contributed by atoms with Crippen LogP contribution in [0.15, 0.2) is 18.2 Å². The summed E-state index contributed by atoms with van der Waals surface area (Å²) in [6, 6.07) is 6.69. The van der Waals surface area contributed by atoms with Crippen LogP contribution in [0.1, 0.15) is 62.6 Å². The number of benzene rings is 1. The average Bonchev–Trinajstić information content (AvgIpc) is 2.33. The minimum Gasteiger partial charge on any atom is -0.0651 e. The number of unbranched alkanes of at least 4 members (excludes halogenated alkanes) is 2. The van der Waals surface area contributed by atoms with E-state index in [-0.39, 0.29) is 0 Å². The van der Waals surface area contributed by atoms with Crippen LogP contribution in [-0.2, 0) is 6.42 Å². The molecule has 1 unspecified atom stereocenters. The van der Waals surface area contributed by atoms with Gasteiger partial charge in [0, 0.05) is 0 Å². The summed E-state index contributed by atoms with van der Waals surface area (Å²) in [6.45, 7) is 9.12. The fraction of sp³-hybridized carbons (Fsp3) is 0.647. The molecule has 0 heterocycles. The minimum atomic E-state index is 0.913. The Labute approximate surface area is 107 Å². The van der Waals surface area contributed by atoms with E-state index in [4.69, 9.17) is 0 Å². The molecule has 1 aromatic rings. The summed E-state index contributed by atoms with van der Waals surface area (Å²) in [5.74, 6) is 0.913. The van der Waals surface area contributed by atoms with Crippen molar-refractivity contribution in [1.29, 1.82) is 0 Å². The lowest BCUT2D eigenvalue weighted by molar-refractivity contribution is 0.478. The van der Waals surface area contributed by atoms with Crippen molar-refractivity contribution in [2.75, 3.05) is 0 Å². The Hall–Kier alpha value is -0.780. The van der Waals surface area contributed by atoms with E-state index in [0.717, 1.165) is 5.92 Å². The molecule has 0 radical (unpaired) electrons. The van der Waals surface area contributed by atoms with Crippen molar-refractivity contribution in [1.82, 2.24) is 0 Å². The van der Waals surface area contributed by atoms with Gasteiger partial charge in [0.25, 0.3) is 0 Å². The first-order valence-corrected chi connectivity index (χ1v) is 7.20. The fourth-order valence-corrected chi connectivity index (χ4v) is 2.27. The molecule has 96 valence electrons. The second kappa shape index (κ2) is 7.53. The van der Waals surface area contributed by atoms with Crippen LogP contribution in [0, 0.1) is 19.8 Å². The topological polar surface area (TPSA) is 0 Å². The van der Waals surface area contributed by atoms with E-state index in [0.29, 0.717) is 0 Å². The predicted molar refractivity (Wildman–Crippen MR) is 77.5 cm³/mol. The van der Waals surface area contributed by atoms with E-state index in [2.05, 4.69) is 45.9 Å². The standard InChI is InChI=1S/C17H28/c1-5-14(2)10-7-6-8-12-17-13-9-11-15(3)16(17)4/h9,11,13-14H,5-8,10,12H2,1-4H3. The molecule has 0 aliphatic heterocycles. The van der Waals surface area contributed by atoms with Crippen LogP contribution in [0.4, 0.5) is 0 Å². The molecule has 0 saturated heterocycles. The van der Waals surface area contributed by atoms with Crippen molar-refractivity contribution in [3.8, 4) is 0 Å². The maximum Gasteiger partial charge on any atom is -0.0276 e. The van der Waals surface area contributed by atoms with E-state index in [1.165, 1.54) is 49.7 Å². The van der Waals surface area contributed by atoms with Crippen LogP contribution >= 0.6 is 0 Å². The summed E-state index contributed by atoms with van der Waals surface area (Å²) < 4.78 is 0. The van der Waals surface area contributed by atoms with Gasteiger partial charge in [-0.1, -0.05) is 57.7 Å². The van der Waals surface area contributed by atoms with Gasteiger partial charge in [-0.15, -0.1) is 0 Å². The van der Waals surface area contributed by atoms with Gasteiger partial charge in [0.05, 0.1) is 0 Å². The second-order valence-electron chi connectivity index (χ2n) is 5.47. The van der Waals surface area contributed by atoms with E-state index < -0.39 is 0 Å². The quantitative estimate of drug-likeness (QED) is 0.548. The second-order valence-corrected chi connectivity index (χ2v) is 5.47. The Morgan fingerprint density at radius 2 is 1.82 bits per heavy atom. The Kier molecular flexibility index (Phi) is 6.32. The van der Waals surface area contributed by atoms with Crippen molar-refractivity contribution in [3.63, 3.8) is 0 Å². The predicted octanol–water partition coefficient (Wildman–Crippen LogP) is 5.45. The van der Waals surface area contributed by atoms with Crippen LogP contribution in [-0.4, -0.2) is 0 Å². The molecule has 0 aromatic heterocycles. The Morgan fingerprint density at radius 3 is 2.53 bits per heavy atom. The third-order valence-electron chi connectivity index (χ3n) is 4.06. The highest BCUT2D eigenvalue weighted by Crippen LogP contribution is 2.17. The summed E-state index contributed by atoms with van der Waals surface area (Å²) in [7, 11) is 0. The molecule has 0 fully saturated rings. The summed E-state index contributed by atoms with van der Waals surface area (Å²) in [6.07, 6.45) is 8.13. The number of hydrogen-bond donors (Lipinski definition) is 0. The fourth-order valence-electron chi connectivity index (χ4n) is 2.27. The Bertz CT molecular complexity index is 325. The SMILES string of the molecule is CCC(C)CCCCCc1cccc(C)c1C. The third-order valence-corrected chi connectivity index (χ3v) is 4.06. The van der Waals surface area contributed by atoms with Gasteiger partial charge in [-0.05, 0) is 49.3 Å². The van der Waals surface area contributed by atoms with E-state index in [9.17, 15) is 0 Å². The molecule has 0 N–H and O–H groups in total. The maximum absolute atomic E-state index is 2.37. The van der Waals surface area contributed by atoms with Gasteiger partial charge in [-0.3, -0.25) is 0 Å². The molecule has 17 heavy (non-hydrogen) atoms. The molecular weight excluding hydrogens is 204 g/mol. The highest BCUT2D eigenvalue weighted by Gasteiger charge is 2.01. The van der Waals surface area contributed by atoms with Crippen molar-refractivity contribution in [3.05, 3.63) is 34.9 Å². The molecule has 0 saturated carbocycles. The molecule has 0 aliphatic rings. The monoisotopic (exact) mass is 232 g/mol. The molecule has 1 atom stereocenters. The van der Waals surface area contributed by atoms with Crippen molar-refractivity contribution < 1.29 is 0 Å². The van der Waals surface area contributed by atoms with Gasteiger partial charge in [0.2, 0.25) is 0 Å². The molecule has 0 bridgehead atoms. The Morgan fingerprint density at radius 1 is 1.06 bits per heavy atom. The van der Waals surface area contributed by atoms with Crippen molar-refractivity contribution >= 4 is 0 Å².